The fourth-order valence-corrected chi connectivity index (χ4v) is 0. The van der Waals surface area contributed by atoms with Crippen LogP contribution in [0.4, 0.5) is 4.79 Å². The normalized spacial score (nSPS) is 4.00. The fraction of sp³-hybridized carbons (Fsp3) is 0. The third-order valence-corrected chi connectivity index (χ3v) is 0. The Labute approximate surface area is 108 Å². The molecule has 0 aromatic carbocycles. The first kappa shape index (κ1) is 15.7. The van der Waals surface area contributed by atoms with E-state index < -0.39 is 6.16 Å². The van der Waals surface area contributed by atoms with Gasteiger partial charge < -0.3 is 10.2 Å². The Morgan fingerprint density at radius 1 is 1.33 bits per heavy atom. The second-order valence-electron chi connectivity index (χ2n) is 0.283. The summed E-state index contributed by atoms with van der Waals surface area (Å²) in [4.78, 5) is 8.56. The molecule has 0 aliphatic carbocycles. The summed E-state index contributed by atoms with van der Waals surface area (Å²) in [6, 6.07) is 0. The summed E-state index contributed by atoms with van der Waals surface area (Å²) >= 11 is 0. The maximum absolute atomic E-state index is 8.56. The molecule has 0 saturated carbocycles. The van der Waals surface area contributed by atoms with Gasteiger partial charge in [-0.3, -0.25) is 0 Å². The minimum Gasteiger partial charge on any atom is -0.450 e. The molecular formula is CH2CaKO3+3. The van der Waals surface area contributed by atoms with Crippen LogP contribution in [-0.4, -0.2) is 54.1 Å². The Bertz CT molecular complexity index is 33.8. The first-order valence-electron chi connectivity index (χ1n) is 0.651. The molecule has 0 amide bonds. The summed E-state index contributed by atoms with van der Waals surface area (Å²) in [7, 11) is 0. The molecule has 0 aliphatic rings. The molecule has 0 unspecified atom stereocenters. The van der Waals surface area contributed by atoms with Gasteiger partial charge in [-0.2, -0.15) is 0 Å². The number of hydrogen-bond donors (Lipinski definition) is 2. The topological polar surface area (TPSA) is 57.5 Å². The molecule has 0 rings (SSSR count). The summed E-state index contributed by atoms with van der Waals surface area (Å²) in [5, 5.41) is 13.9. The monoisotopic (exact) mass is 141 g/mol. The second-order valence-corrected chi connectivity index (χ2v) is 0.283. The van der Waals surface area contributed by atoms with Crippen LogP contribution in [0.15, 0.2) is 0 Å². The average Bonchev–Trinajstić information content (AvgIpc) is 0.811. The number of rotatable bonds is 0. The summed E-state index contributed by atoms with van der Waals surface area (Å²) in [6.07, 6.45) is -1.83. The van der Waals surface area contributed by atoms with Gasteiger partial charge in [-0.1, -0.05) is 0 Å². The fourth-order valence-electron chi connectivity index (χ4n) is 0. The third-order valence-electron chi connectivity index (χ3n) is 0. The van der Waals surface area contributed by atoms with Crippen molar-refractivity contribution in [3.05, 3.63) is 0 Å². The Kier molecular flexibility index (Phi) is 26.7. The zero-order chi connectivity index (χ0) is 3.58. The molecule has 2 N–H and O–H groups in total. The number of hydrogen-bond acceptors (Lipinski definition) is 1. The van der Waals surface area contributed by atoms with E-state index in [9.17, 15) is 0 Å². The number of carboxylic acid groups (broad SMARTS) is 2. The number of carbonyl (C=O) groups is 1. The molecule has 0 fully saturated rings. The smallest absolute Gasteiger partial charge is 0.450 e. The first-order valence-corrected chi connectivity index (χ1v) is 0.651. The first-order chi connectivity index (χ1) is 1.73. The van der Waals surface area contributed by atoms with Crippen molar-refractivity contribution in [3.63, 3.8) is 0 Å². The van der Waals surface area contributed by atoms with E-state index in [4.69, 9.17) is 15.0 Å². The van der Waals surface area contributed by atoms with Gasteiger partial charge in [0.25, 0.3) is 0 Å². The van der Waals surface area contributed by atoms with Crippen LogP contribution < -0.4 is 51.4 Å². The summed E-state index contributed by atoms with van der Waals surface area (Å²) in [5.41, 5.74) is 0. The van der Waals surface area contributed by atoms with Crippen LogP contribution in [0.5, 0.6) is 0 Å². The van der Waals surface area contributed by atoms with E-state index in [1.807, 2.05) is 0 Å². The molecule has 0 aliphatic heterocycles. The van der Waals surface area contributed by atoms with Gasteiger partial charge >= 0.3 is 95.3 Å². The van der Waals surface area contributed by atoms with E-state index in [2.05, 4.69) is 0 Å². The zero-order valence-corrected chi connectivity index (χ0v) is 8.84. The van der Waals surface area contributed by atoms with E-state index >= 15 is 0 Å². The van der Waals surface area contributed by atoms with Gasteiger partial charge in [0.05, 0.1) is 0 Å². The summed E-state index contributed by atoms with van der Waals surface area (Å²) in [6.45, 7) is 0. The molecule has 0 saturated heterocycles. The Hall–Kier alpha value is 2.17. The molecule has 6 heavy (non-hydrogen) atoms. The minimum atomic E-state index is -1.83. The van der Waals surface area contributed by atoms with Crippen LogP contribution in [0.3, 0.4) is 0 Å². The van der Waals surface area contributed by atoms with Gasteiger partial charge in [0.2, 0.25) is 0 Å². The van der Waals surface area contributed by atoms with Gasteiger partial charge in [-0.25, -0.2) is 4.79 Å². The standard InChI is InChI=1S/CH2O3.Ca.K/c2-1(3)4;;/h(H2,2,3,4);;/q;+2;+1. The molecule has 0 aromatic heterocycles. The minimum absolute atomic E-state index is 0. The molecule has 3 nitrogen and oxygen atoms in total. The van der Waals surface area contributed by atoms with Gasteiger partial charge in [0, 0.05) is 0 Å². The van der Waals surface area contributed by atoms with Crippen molar-refractivity contribution >= 4 is 43.9 Å². The van der Waals surface area contributed by atoms with E-state index in [-0.39, 0.29) is 89.1 Å². The molecule has 24 valence electrons. The molecule has 0 atom stereocenters. The van der Waals surface area contributed by atoms with Crippen molar-refractivity contribution in [2.75, 3.05) is 0 Å². The summed E-state index contributed by atoms with van der Waals surface area (Å²) in [5.74, 6) is 0. The van der Waals surface area contributed by atoms with Crippen LogP contribution in [0, 0.1) is 0 Å². The zero-order valence-electron chi connectivity index (χ0n) is 3.51. The Balaban J connectivity index is -0.0000000450. The largest absolute Gasteiger partial charge is 2.00 e. The molecular weight excluding hydrogens is 139 g/mol. The third kappa shape index (κ3) is 35.1. The predicted octanol–water partition coefficient (Wildman–Crippen LogP) is -3.15. The van der Waals surface area contributed by atoms with Crippen LogP contribution in [0.2, 0.25) is 0 Å². The van der Waals surface area contributed by atoms with Gasteiger partial charge in [0.15, 0.2) is 0 Å². The van der Waals surface area contributed by atoms with Gasteiger partial charge in [-0.05, 0) is 0 Å². The maximum Gasteiger partial charge on any atom is 2.00 e. The maximum atomic E-state index is 8.56. The van der Waals surface area contributed by atoms with Crippen molar-refractivity contribution in [3.8, 4) is 0 Å². The molecule has 0 radical (unpaired) electrons. The summed E-state index contributed by atoms with van der Waals surface area (Å²) < 4.78 is 0. The van der Waals surface area contributed by atoms with Gasteiger partial charge in [0.1, 0.15) is 0 Å². The van der Waals surface area contributed by atoms with E-state index in [0.29, 0.717) is 0 Å². The Morgan fingerprint density at radius 2 is 1.33 bits per heavy atom. The predicted molar refractivity (Wildman–Crippen MR) is 16.4 cm³/mol. The van der Waals surface area contributed by atoms with Gasteiger partial charge in [-0.15, -0.1) is 0 Å². The molecule has 0 heterocycles. The molecule has 0 bridgehead atoms. The molecule has 0 aromatic rings. The SMILES string of the molecule is O=C(O)O.[Ca+2].[K+]. The van der Waals surface area contributed by atoms with Crippen molar-refractivity contribution in [1.82, 2.24) is 0 Å². The molecule has 0 spiro atoms. The van der Waals surface area contributed by atoms with Crippen LogP contribution in [-0.2, 0) is 0 Å². The average molecular weight is 141 g/mol. The van der Waals surface area contributed by atoms with Crippen molar-refractivity contribution < 1.29 is 66.4 Å². The van der Waals surface area contributed by atoms with Crippen LogP contribution in [0.1, 0.15) is 0 Å². The van der Waals surface area contributed by atoms with E-state index in [1.165, 1.54) is 0 Å². The van der Waals surface area contributed by atoms with Crippen molar-refractivity contribution in [2.24, 2.45) is 0 Å². The van der Waals surface area contributed by atoms with Crippen molar-refractivity contribution in [2.45, 2.75) is 0 Å². The quantitative estimate of drug-likeness (QED) is 0.350. The van der Waals surface area contributed by atoms with Crippen LogP contribution >= 0.6 is 0 Å². The van der Waals surface area contributed by atoms with E-state index in [0.717, 1.165) is 0 Å². The Morgan fingerprint density at radius 3 is 1.33 bits per heavy atom. The van der Waals surface area contributed by atoms with Crippen LogP contribution in [0.25, 0.3) is 0 Å². The molecule has 5 heteroatoms. The second kappa shape index (κ2) is 10.2. The van der Waals surface area contributed by atoms with E-state index in [1.54, 1.807) is 0 Å². The van der Waals surface area contributed by atoms with Crippen molar-refractivity contribution in [1.29, 1.82) is 0 Å².